The summed E-state index contributed by atoms with van der Waals surface area (Å²) in [6, 6.07) is 8.96. The van der Waals surface area contributed by atoms with Crippen molar-refractivity contribution in [2.24, 2.45) is 0 Å². The SMILES string of the molecule is COc1cnc(OC)c2c1C(C(=O)C(=O)N1CCC(=C(c3ccccc3)S(C)(=O)=O)CC1)CN2. The molecule has 1 aromatic carbocycles. The van der Waals surface area contributed by atoms with Gasteiger partial charge in [0.1, 0.15) is 11.4 Å². The number of ketones is 1. The molecule has 1 atom stereocenters. The van der Waals surface area contributed by atoms with E-state index >= 15 is 0 Å². The molecule has 1 aromatic heterocycles. The van der Waals surface area contributed by atoms with Gasteiger partial charge in [-0.15, -0.1) is 0 Å². The zero-order valence-electron chi connectivity index (χ0n) is 19.3. The Morgan fingerprint density at radius 1 is 1.09 bits per heavy atom. The van der Waals surface area contributed by atoms with Gasteiger partial charge in [0.2, 0.25) is 11.7 Å². The monoisotopic (exact) mass is 485 g/mol. The topological polar surface area (TPSA) is 115 Å². The Morgan fingerprint density at radius 3 is 2.35 bits per heavy atom. The number of benzene rings is 1. The van der Waals surface area contributed by atoms with Crippen LogP contribution in [0, 0.1) is 0 Å². The van der Waals surface area contributed by atoms with Crippen LogP contribution in [-0.2, 0) is 19.4 Å². The van der Waals surface area contributed by atoms with Crippen molar-refractivity contribution < 1.29 is 27.5 Å². The second-order valence-electron chi connectivity index (χ2n) is 8.29. The molecule has 3 heterocycles. The van der Waals surface area contributed by atoms with Gasteiger partial charge in [-0.1, -0.05) is 30.3 Å². The molecule has 1 fully saturated rings. The molecule has 1 N–H and O–H groups in total. The number of anilines is 1. The first-order chi connectivity index (χ1) is 16.3. The number of carbonyl (C=O) groups excluding carboxylic acids is 2. The van der Waals surface area contributed by atoms with Crippen LogP contribution in [0.5, 0.6) is 11.6 Å². The first-order valence-corrected chi connectivity index (χ1v) is 12.8. The first-order valence-electron chi connectivity index (χ1n) is 10.9. The van der Waals surface area contributed by atoms with Gasteiger partial charge in [-0.3, -0.25) is 9.59 Å². The first kappa shape index (κ1) is 23.7. The van der Waals surface area contributed by atoms with Gasteiger partial charge in [0.15, 0.2) is 9.84 Å². The number of pyridine rings is 1. The maximum absolute atomic E-state index is 13.2. The fourth-order valence-corrected chi connectivity index (χ4v) is 5.93. The summed E-state index contributed by atoms with van der Waals surface area (Å²) in [6.45, 7) is 0.786. The third kappa shape index (κ3) is 4.37. The fraction of sp³-hybridized carbons (Fsp3) is 0.375. The molecule has 4 rings (SSSR count). The van der Waals surface area contributed by atoms with E-state index in [2.05, 4.69) is 10.3 Å². The Kier molecular flexibility index (Phi) is 6.60. The summed E-state index contributed by atoms with van der Waals surface area (Å²) >= 11 is 0. The highest BCUT2D eigenvalue weighted by molar-refractivity contribution is 8.00. The Bertz CT molecular complexity index is 1250. The summed E-state index contributed by atoms with van der Waals surface area (Å²) in [4.78, 5) is 32.3. The van der Waals surface area contributed by atoms with Crippen molar-refractivity contribution in [1.29, 1.82) is 0 Å². The van der Waals surface area contributed by atoms with Gasteiger partial charge in [-0.05, 0) is 24.0 Å². The number of carbonyl (C=O) groups is 2. The lowest BCUT2D eigenvalue weighted by Crippen LogP contribution is -2.43. The van der Waals surface area contributed by atoms with Gasteiger partial charge in [0.25, 0.3) is 5.91 Å². The van der Waals surface area contributed by atoms with Gasteiger partial charge >= 0.3 is 0 Å². The molecule has 1 amide bonds. The van der Waals surface area contributed by atoms with E-state index < -0.39 is 27.4 Å². The predicted octanol–water partition coefficient (Wildman–Crippen LogP) is 2.26. The Morgan fingerprint density at radius 2 is 1.76 bits per heavy atom. The Hall–Kier alpha value is -3.40. The zero-order valence-corrected chi connectivity index (χ0v) is 20.1. The molecule has 0 aliphatic carbocycles. The van der Waals surface area contributed by atoms with E-state index in [1.54, 1.807) is 24.3 Å². The molecule has 180 valence electrons. The summed E-state index contributed by atoms with van der Waals surface area (Å²) < 4.78 is 35.7. The van der Waals surface area contributed by atoms with Crippen molar-refractivity contribution in [3.05, 3.63) is 53.2 Å². The number of piperidine rings is 1. The molecule has 0 saturated carbocycles. The number of rotatable bonds is 6. The van der Waals surface area contributed by atoms with Crippen LogP contribution >= 0.6 is 0 Å². The third-order valence-electron chi connectivity index (χ3n) is 6.20. The number of methoxy groups -OCH3 is 2. The van der Waals surface area contributed by atoms with Crippen LogP contribution in [0.15, 0.2) is 42.1 Å². The van der Waals surface area contributed by atoms with Crippen LogP contribution in [0.3, 0.4) is 0 Å². The van der Waals surface area contributed by atoms with Crippen molar-refractivity contribution in [3.63, 3.8) is 0 Å². The maximum Gasteiger partial charge on any atom is 0.290 e. The van der Waals surface area contributed by atoms with E-state index in [9.17, 15) is 18.0 Å². The second-order valence-corrected chi connectivity index (χ2v) is 10.2. The van der Waals surface area contributed by atoms with Gasteiger partial charge in [0, 0.05) is 31.5 Å². The van der Waals surface area contributed by atoms with Crippen molar-refractivity contribution in [1.82, 2.24) is 9.88 Å². The average molecular weight is 486 g/mol. The number of nitrogens with one attached hydrogen (secondary N) is 1. The highest BCUT2D eigenvalue weighted by Gasteiger charge is 2.39. The number of fused-ring (bicyclic) bond motifs is 1. The molecule has 0 spiro atoms. The van der Waals surface area contributed by atoms with Crippen molar-refractivity contribution >= 4 is 32.1 Å². The predicted molar refractivity (Wildman–Crippen MR) is 128 cm³/mol. The summed E-state index contributed by atoms with van der Waals surface area (Å²) in [5, 5.41) is 3.11. The molecule has 1 saturated heterocycles. The molecule has 2 aliphatic heterocycles. The summed E-state index contributed by atoms with van der Waals surface area (Å²) in [6.07, 6.45) is 3.45. The number of likely N-dealkylation sites (tertiary alicyclic amines) is 1. The minimum absolute atomic E-state index is 0.240. The molecule has 34 heavy (non-hydrogen) atoms. The van der Waals surface area contributed by atoms with Crippen LogP contribution < -0.4 is 14.8 Å². The van der Waals surface area contributed by atoms with Crippen LogP contribution in [-0.4, -0.2) is 70.1 Å². The summed E-state index contributed by atoms with van der Waals surface area (Å²) in [5.74, 6) is -1.10. The normalized spacial score (nSPS) is 17.6. The van der Waals surface area contributed by atoms with Crippen molar-refractivity contribution in [2.75, 3.05) is 45.4 Å². The molecular formula is C24H27N3O6S. The standard InChI is InChI=1S/C24H27N3O6S/c1-32-18-14-26-23(33-2)20-19(18)17(13-25-20)21(28)24(29)27-11-9-16(10-12-27)22(34(3,30)31)15-7-5-4-6-8-15/h4-8,14,17,25H,9-13H2,1-3H3. The van der Waals surface area contributed by atoms with Crippen molar-refractivity contribution in [2.45, 2.75) is 18.8 Å². The summed E-state index contributed by atoms with van der Waals surface area (Å²) in [5.41, 5.74) is 2.53. The van der Waals surface area contributed by atoms with Crippen LogP contribution in [0.1, 0.15) is 29.9 Å². The van der Waals surface area contributed by atoms with Gasteiger partial charge < -0.3 is 19.7 Å². The van der Waals surface area contributed by atoms with E-state index in [0.717, 1.165) is 5.57 Å². The highest BCUT2D eigenvalue weighted by atomic mass is 32.2. The molecule has 9 nitrogen and oxygen atoms in total. The van der Waals surface area contributed by atoms with Crippen LogP contribution in [0.25, 0.3) is 4.91 Å². The summed E-state index contributed by atoms with van der Waals surface area (Å²) in [7, 11) is -0.499. The highest BCUT2D eigenvalue weighted by Crippen LogP contribution is 2.43. The largest absolute Gasteiger partial charge is 0.495 e. The van der Waals surface area contributed by atoms with E-state index in [-0.39, 0.29) is 19.6 Å². The third-order valence-corrected chi connectivity index (χ3v) is 7.47. The molecule has 0 radical (unpaired) electrons. The quantitative estimate of drug-likeness (QED) is 0.620. The average Bonchev–Trinajstić information content (AvgIpc) is 3.28. The molecule has 0 bridgehead atoms. The number of hydrogen-bond donors (Lipinski definition) is 1. The lowest BCUT2D eigenvalue weighted by Gasteiger charge is -2.30. The van der Waals surface area contributed by atoms with Gasteiger partial charge in [-0.25, -0.2) is 13.4 Å². The van der Waals surface area contributed by atoms with E-state index in [4.69, 9.17) is 9.47 Å². The van der Waals surface area contributed by atoms with E-state index in [1.165, 1.54) is 31.6 Å². The number of aromatic nitrogens is 1. The molecule has 1 unspecified atom stereocenters. The number of hydrogen-bond acceptors (Lipinski definition) is 8. The van der Waals surface area contributed by atoms with E-state index in [0.29, 0.717) is 46.2 Å². The molecule has 2 aromatic rings. The maximum atomic E-state index is 13.2. The van der Waals surface area contributed by atoms with Crippen LogP contribution in [0.2, 0.25) is 0 Å². The van der Waals surface area contributed by atoms with E-state index in [1.807, 2.05) is 6.07 Å². The number of nitrogens with zero attached hydrogens (tertiary/aromatic N) is 2. The second kappa shape index (κ2) is 9.46. The Labute approximate surface area is 198 Å². The lowest BCUT2D eigenvalue weighted by atomic mass is 9.94. The molecular weight excluding hydrogens is 458 g/mol. The molecule has 2 aliphatic rings. The van der Waals surface area contributed by atoms with Crippen molar-refractivity contribution in [3.8, 4) is 11.6 Å². The number of amides is 1. The van der Waals surface area contributed by atoms with Gasteiger partial charge in [0.05, 0.1) is 31.2 Å². The lowest BCUT2D eigenvalue weighted by molar-refractivity contribution is -0.145. The number of ether oxygens (including phenoxy) is 2. The zero-order chi connectivity index (χ0) is 24.5. The van der Waals surface area contributed by atoms with Gasteiger partial charge in [-0.2, -0.15) is 0 Å². The Balaban J connectivity index is 1.54. The minimum Gasteiger partial charge on any atom is -0.495 e. The fourth-order valence-electron chi connectivity index (χ4n) is 4.64. The molecule has 10 heteroatoms. The minimum atomic E-state index is -3.46. The van der Waals surface area contributed by atoms with Crippen LogP contribution in [0.4, 0.5) is 5.69 Å². The smallest absolute Gasteiger partial charge is 0.290 e. The number of Topliss-reactive ketones (excluding diaryl/α,β-unsaturated/α-hetero) is 1. The number of sulfone groups is 1.